The molecule has 7 heteroatoms. The molecule has 7 nitrogen and oxygen atoms in total. The van der Waals surface area contributed by atoms with Gasteiger partial charge in [0.1, 0.15) is 0 Å². The highest BCUT2D eigenvalue weighted by Crippen LogP contribution is 2.35. The average molecular weight is 385 g/mol. The smallest absolute Gasteiger partial charge is 0.261 e. The summed E-state index contributed by atoms with van der Waals surface area (Å²) in [6, 6.07) is 11.7. The fourth-order valence-electron chi connectivity index (χ4n) is 4.11. The van der Waals surface area contributed by atoms with Gasteiger partial charge in [-0.25, -0.2) is 0 Å². The zero-order valence-electron chi connectivity index (χ0n) is 15.9. The summed E-state index contributed by atoms with van der Waals surface area (Å²) < 4.78 is 0. The van der Waals surface area contributed by atoms with Crippen molar-refractivity contribution in [1.82, 2.24) is 20.1 Å². The van der Waals surface area contributed by atoms with Crippen LogP contribution in [0.2, 0.25) is 0 Å². The SMILES string of the molecule is C=CC(=O)N1Cc2c(cccc2-c2ccc3n[nH]c(C4C=NN(C)C4)c3c2)C1=O. The second kappa shape index (κ2) is 6.41. The van der Waals surface area contributed by atoms with Crippen molar-refractivity contribution >= 4 is 28.9 Å². The van der Waals surface area contributed by atoms with E-state index in [2.05, 4.69) is 27.9 Å². The predicted molar refractivity (Wildman–Crippen MR) is 110 cm³/mol. The first kappa shape index (κ1) is 17.4. The van der Waals surface area contributed by atoms with Crippen molar-refractivity contribution in [2.45, 2.75) is 12.5 Å². The molecule has 0 saturated carbocycles. The van der Waals surface area contributed by atoms with Gasteiger partial charge in [0.15, 0.2) is 0 Å². The number of rotatable bonds is 3. The van der Waals surface area contributed by atoms with Crippen LogP contribution in [0.5, 0.6) is 0 Å². The van der Waals surface area contributed by atoms with Gasteiger partial charge in [0, 0.05) is 30.8 Å². The van der Waals surface area contributed by atoms with Crippen LogP contribution in [0.15, 0.2) is 54.2 Å². The van der Waals surface area contributed by atoms with E-state index in [-0.39, 0.29) is 24.3 Å². The maximum absolute atomic E-state index is 12.6. The van der Waals surface area contributed by atoms with Crippen molar-refractivity contribution in [3.05, 3.63) is 65.9 Å². The molecule has 0 radical (unpaired) electrons. The van der Waals surface area contributed by atoms with Gasteiger partial charge in [-0.15, -0.1) is 0 Å². The molecule has 2 aliphatic rings. The van der Waals surface area contributed by atoms with Crippen molar-refractivity contribution in [3.8, 4) is 11.1 Å². The molecule has 2 aliphatic heterocycles. The molecule has 1 aromatic heterocycles. The maximum atomic E-state index is 12.6. The highest BCUT2D eigenvalue weighted by atomic mass is 16.2. The number of aromatic amines is 1. The fourth-order valence-corrected chi connectivity index (χ4v) is 4.11. The average Bonchev–Trinajstić information content (AvgIpc) is 3.44. The maximum Gasteiger partial charge on any atom is 0.261 e. The number of hydrazone groups is 1. The van der Waals surface area contributed by atoms with Gasteiger partial charge in [0.25, 0.3) is 11.8 Å². The Morgan fingerprint density at radius 2 is 2.10 bits per heavy atom. The molecule has 1 atom stereocenters. The Hall–Kier alpha value is -3.74. The first-order valence-corrected chi connectivity index (χ1v) is 9.40. The lowest BCUT2D eigenvalue weighted by Crippen LogP contribution is -2.29. The van der Waals surface area contributed by atoms with Crippen LogP contribution in [0, 0.1) is 0 Å². The van der Waals surface area contributed by atoms with Crippen LogP contribution in [-0.4, -0.2) is 51.7 Å². The molecule has 1 unspecified atom stereocenters. The summed E-state index contributed by atoms with van der Waals surface area (Å²) in [6.45, 7) is 4.55. The summed E-state index contributed by atoms with van der Waals surface area (Å²) in [6.07, 6.45) is 3.10. The molecule has 2 aromatic carbocycles. The van der Waals surface area contributed by atoms with Gasteiger partial charge in [-0.2, -0.15) is 10.2 Å². The number of nitrogens with one attached hydrogen (secondary N) is 1. The van der Waals surface area contributed by atoms with Crippen molar-refractivity contribution in [2.24, 2.45) is 5.10 Å². The molecule has 0 spiro atoms. The largest absolute Gasteiger partial charge is 0.299 e. The number of aromatic nitrogens is 2. The van der Waals surface area contributed by atoms with Gasteiger partial charge in [-0.05, 0) is 41.0 Å². The van der Waals surface area contributed by atoms with E-state index in [1.807, 2.05) is 42.5 Å². The number of carbonyl (C=O) groups is 2. The third-order valence-electron chi connectivity index (χ3n) is 5.58. The van der Waals surface area contributed by atoms with E-state index in [9.17, 15) is 9.59 Å². The van der Waals surface area contributed by atoms with Gasteiger partial charge in [-0.3, -0.25) is 24.6 Å². The molecule has 1 N–H and O–H groups in total. The molecule has 5 rings (SSSR count). The monoisotopic (exact) mass is 385 g/mol. The minimum Gasteiger partial charge on any atom is -0.299 e. The third-order valence-corrected chi connectivity index (χ3v) is 5.58. The highest BCUT2D eigenvalue weighted by Gasteiger charge is 2.32. The Morgan fingerprint density at radius 1 is 1.28 bits per heavy atom. The van der Waals surface area contributed by atoms with E-state index in [1.165, 1.54) is 11.0 Å². The molecule has 0 fully saturated rings. The first-order valence-electron chi connectivity index (χ1n) is 9.40. The van der Waals surface area contributed by atoms with Gasteiger partial charge >= 0.3 is 0 Å². The molecule has 0 bridgehead atoms. The zero-order valence-corrected chi connectivity index (χ0v) is 15.9. The van der Waals surface area contributed by atoms with Crippen LogP contribution < -0.4 is 0 Å². The molecule has 29 heavy (non-hydrogen) atoms. The van der Waals surface area contributed by atoms with Crippen LogP contribution in [-0.2, 0) is 11.3 Å². The van der Waals surface area contributed by atoms with Crippen LogP contribution >= 0.6 is 0 Å². The Labute approximate surface area is 167 Å². The number of carbonyl (C=O) groups excluding carboxylic acids is 2. The second-order valence-corrected chi connectivity index (χ2v) is 7.35. The summed E-state index contributed by atoms with van der Waals surface area (Å²) in [4.78, 5) is 25.9. The summed E-state index contributed by atoms with van der Waals surface area (Å²) in [5, 5.41) is 14.9. The molecule has 144 valence electrons. The Bertz CT molecular complexity index is 1210. The standard InChI is InChI=1S/C22H19N5O2/c1-3-20(28)27-12-18-15(5-4-6-16(18)22(27)29)13-7-8-19-17(9-13)21(25-24-19)14-10-23-26(2)11-14/h3-10,14H,1,11-12H2,2H3,(H,24,25). The van der Waals surface area contributed by atoms with Gasteiger partial charge in [-0.1, -0.05) is 24.8 Å². The molecular weight excluding hydrogens is 366 g/mol. The minimum atomic E-state index is -0.380. The second-order valence-electron chi connectivity index (χ2n) is 7.35. The van der Waals surface area contributed by atoms with Crippen LogP contribution in [0.4, 0.5) is 0 Å². The number of benzene rings is 2. The van der Waals surface area contributed by atoms with Crippen molar-refractivity contribution in [1.29, 1.82) is 0 Å². The van der Waals surface area contributed by atoms with Crippen LogP contribution in [0.3, 0.4) is 0 Å². The highest BCUT2D eigenvalue weighted by molar-refractivity contribution is 6.11. The lowest BCUT2D eigenvalue weighted by Gasteiger charge is -2.11. The number of amides is 2. The quantitative estimate of drug-likeness (QED) is 0.703. The Morgan fingerprint density at radius 3 is 2.86 bits per heavy atom. The summed E-state index contributed by atoms with van der Waals surface area (Å²) in [5.41, 5.74) is 5.28. The number of likely N-dealkylation sites (N-methyl/N-ethyl adjacent to an activating group) is 1. The molecule has 0 aliphatic carbocycles. The first-order chi connectivity index (χ1) is 14.1. The molecule has 0 saturated heterocycles. The molecular formula is C22H19N5O2. The number of imide groups is 1. The summed E-state index contributed by atoms with van der Waals surface area (Å²) >= 11 is 0. The summed E-state index contributed by atoms with van der Waals surface area (Å²) in [5.74, 6) is -0.500. The van der Waals surface area contributed by atoms with E-state index in [1.54, 1.807) is 6.07 Å². The predicted octanol–water partition coefficient (Wildman–Crippen LogP) is 2.91. The van der Waals surface area contributed by atoms with Crippen molar-refractivity contribution < 1.29 is 9.59 Å². The molecule has 3 heterocycles. The topological polar surface area (TPSA) is 81.7 Å². The Balaban J connectivity index is 1.60. The van der Waals surface area contributed by atoms with Crippen molar-refractivity contribution in [2.75, 3.05) is 13.6 Å². The number of hydrogen-bond donors (Lipinski definition) is 1. The lowest BCUT2D eigenvalue weighted by atomic mass is 9.94. The third kappa shape index (κ3) is 2.66. The fraction of sp³-hybridized carbons (Fsp3) is 0.182. The molecule has 3 aromatic rings. The lowest BCUT2D eigenvalue weighted by molar-refractivity contribution is -0.123. The van der Waals surface area contributed by atoms with Crippen molar-refractivity contribution in [3.63, 3.8) is 0 Å². The van der Waals surface area contributed by atoms with E-state index in [0.29, 0.717) is 5.56 Å². The van der Waals surface area contributed by atoms with E-state index < -0.39 is 0 Å². The summed E-state index contributed by atoms with van der Waals surface area (Å²) in [7, 11) is 1.95. The normalized spacial score (nSPS) is 18.0. The number of fused-ring (bicyclic) bond motifs is 2. The number of hydrogen-bond acceptors (Lipinski definition) is 5. The van der Waals surface area contributed by atoms with Gasteiger partial charge in [0.2, 0.25) is 0 Å². The van der Waals surface area contributed by atoms with E-state index >= 15 is 0 Å². The van der Waals surface area contributed by atoms with Crippen LogP contribution in [0.1, 0.15) is 27.5 Å². The Kier molecular flexibility index (Phi) is 3.84. The number of nitrogens with zero attached hydrogens (tertiary/aromatic N) is 4. The van der Waals surface area contributed by atoms with Gasteiger partial charge < -0.3 is 0 Å². The molecule has 2 amide bonds. The van der Waals surface area contributed by atoms with Crippen LogP contribution in [0.25, 0.3) is 22.0 Å². The van der Waals surface area contributed by atoms with E-state index in [4.69, 9.17) is 0 Å². The van der Waals surface area contributed by atoms with E-state index in [0.717, 1.165) is 39.8 Å². The van der Waals surface area contributed by atoms with Gasteiger partial charge in [0.05, 0.1) is 23.7 Å². The minimum absolute atomic E-state index is 0.157. The zero-order chi connectivity index (χ0) is 20.1. The number of H-pyrrole nitrogens is 1.